The van der Waals surface area contributed by atoms with E-state index in [-0.39, 0.29) is 5.91 Å². The molecule has 1 aromatic rings. The number of carbonyl (C=O) groups excluding carboxylic acids is 1. The minimum atomic E-state index is -0.0754. The summed E-state index contributed by atoms with van der Waals surface area (Å²) in [5, 5.41) is 3.13. The van der Waals surface area contributed by atoms with Crippen LogP contribution in [0.15, 0.2) is 18.3 Å². The summed E-state index contributed by atoms with van der Waals surface area (Å²) in [5.41, 5.74) is 2.98. The number of nitrogens with one attached hydrogen (secondary N) is 2. The second-order valence-corrected chi connectivity index (χ2v) is 5.30. The maximum atomic E-state index is 12.2. The number of hydrogen-bond acceptors (Lipinski definition) is 4. The monoisotopic (exact) mass is 246 g/mol. The summed E-state index contributed by atoms with van der Waals surface area (Å²) in [4.78, 5) is 16.3. The third-order valence-electron chi connectivity index (χ3n) is 4.24. The molecule has 0 saturated heterocycles. The predicted molar refractivity (Wildman–Crippen MR) is 68.7 cm³/mol. The van der Waals surface area contributed by atoms with E-state index in [0.29, 0.717) is 23.3 Å². The molecule has 0 aromatic carbocycles. The second-order valence-electron chi connectivity index (χ2n) is 5.30. The molecular formula is C13H18N4O. The lowest BCUT2D eigenvalue weighted by atomic mass is 9.95. The number of hydrazine groups is 1. The minimum absolute atomic E-state index is 0.0754. The van der Waals surface area contributed by atoms with Gasteiger partial charge in [-0.05, 0) is 43.2 Å². The highest BCUT2D eigenvalue weighted by Crippen LogP contribution is 2.44. The molecule has 1 heterocycles. The molecule has 4 N–H and O–H groups in total. The van der Waals surface area contributed by atoms with Crippen molar-refractivity contribution < 1.29 is 4.79 Å². The molecule has 2 aliphatic carbocycles. The van der Waals surface area contributed by atoms with Gasteiger partial charge in [-0.2, -0.15) is 0 Å². The summed E-state index contributed by atoms with van der Waals surface area (Å²) in [6.45, 7) is 0. The van der Waals surface area contributed by atoms with Gasteiger partial charge in [-0.25, -0.2) is 10.8 Å². The molecule has 2 fully saturated rings. The molecule has 5 heteroatoms. The summed E-state index contributed by atoms with van der Waals surface area (Å²) in [7, 11) is 0. The second kappa shape index (κ2) is 4.57. The number of carbonyl (C=O) groups is 1. The molecule has 96 valence electrons. The van der Waals surface area contributed by atoms with Gasteiger partial charge in [0.1, 0.15) is 0 Å². The first-order valence-corrected chi connectivity index (χ1v) is 6.50. The van der Waals surface area contributed by atoms with Crippen LogP contribution in [0.2, 0.25) is 0 Å². The average molecular weight is 246 g/mol. The Bertz CT molecular complexity index is 462. The van der Waals surface area contributed by atoms with Crippen molar-refractivity contribution >= 4 is 11.7 Å². The van der Waals surface area contributed by atoms with E-state index in [1.165, 1.54) is 19.3 Å². The number of hydrogen-bond donors (Lipinski definition) is 3. The first-order valence-electron chi connectivity index (χ1n) is 6.50. The van der Waals surface area contributed by atoms with E-state index in [1.54, 1.807) is 18.3 Å². The maximum Gasteiger partial charge on any atom is 0.255 e. The zero-order valence-corrected chi connectivity index (χ0v) is 10.2. The molecule has 2 bridgehead atoms. The Morgan fingerprint density at radius 3 is 2.94 bits per heavy atom. The highest BCUT2D eigenvalue weighted by molar-refractivity contribution is 5.98. The van der Waals surface area contributed by atoms with Gasteiger partial charge in [-0.15, -0.1) is 0 Å². The number of pyridine rings is 1. The summed E-state index contributed by atoms with van der Waals surface area (Å²) in [6, 6.07) is 3.82. The fraction of sp³-hybridized carbons (Fsp3) is 0.538. The van der Waals surface area contributed by atoms with E-state index in [4.69, 9.17) is 5.84 Å². The van der Waals surface area contributed by atoms with Crippen LogP contribution in [-0.2, 0) is 0 Å². The van der Waals surface area contributed by atoms with E-state index in [0.717, 1.165) is 12.3 Å². The van der Waals surface area contributed by atoms with Crippen LogP contribution in [0.1, 0.15) is 36.0 Å². The summed E-state index contributed by atoms with van der Waals surface area (Å²) < 4.78 is 0. The molecule has 18 heavy (non-hydrogen) atoms. The third-order valence-corrected chi connectivity index (χ3v) is 4.24. The topological polar surface area (TPSA) is 80.0 Å². The lowest BCUT2D eigenvalue weighted by Gasteiger charge is -2.23. The Morgan fingerprint density at radius 1 is 1.39 bits per heavy atom. The fourth-order valence-electron chi connectivity index (χ4n) is 3.37. The van der Waals surface area contributed by atoms with Gasteiger partial charge >= 0.3 is 0 Å². The molecule has 2 saturated carbocycles. The molecular weight excluding hydrogens is 228 g/mol. The Kier molecular flexibility index (Phi) is 2.91. The Balaban J connectivity index is 1.71. The Hall–Kier alpha value is -1.62. The highest BCUT2D eigenvalue weighted by atomic mass is 16.1. The van der Waals surface area contributed by atoms with E-state index in [9.17, 15) is 4.79 Å². The van der Waals surface area contributed by atoms with E-state index in [1.807, 2.05) is 0 Å². The number of rotatable bonds is 3. The van der Waals surface area contributed by atoms with Crippen LogP contribution in [0, 0.1) is 11.8 Å². The molecule has 3 unspecified atom stereocenters. The first kappa shape index (κ1) is 11.5. The molecule has 0 aliphatic heterocycles. The molecule has 1 aromatic heterocycles. The van der Waals surface area contributed by atoms with Crippen molar-refractivity contribution in [2.75, 3.05) is 5.43 Å². The number of nitrogen functional groups attached to an aromatic ring is 1. The number of anilines is 1. The molecule has 3 atom stereocenters. The normalized spacial score (nSPS) is 29.3. The van der Waals surface area contributed by atoms with Crippen LogP contribution >= 0.6 is 0 Å². The van der Waals surface area contributed by atoms with Gasteiger partial charge in [0.2, 0.25) is 0 Å². The molecule has 0 spiro atoms. The van der Waals surface area contributed by atoms with Crippen molar-refractivity contribution in [1.29, 1.82) is 0 Å². The molecule has 3 rings (SSSR count). The number of nitrogens with two attached hydrogens (primary N) is 1. The van der Waals surface area contributed by atoms with Crippen LogP contribution in [-0.4, -0.2) is 16.9 Å². The summed E-state index contributed by atoms with van der Waals surface area (Å²) in [6.07, 6.45) is 6.61. The van der Waals surface area contributed by atoms with Gasteiger partial charge in [0.25, 0.3) is 5.91 Å². The number of amides is 1. The van der Waals surface area contributed by atoms with Crippen molar-refractivity contribution in [3.63, 3.8) is 0 Å². The molecule has 1 amide bonds. The van der Waals surface area contributed by atoms with Crippen LogP contribution < -0.4 is 16.6 Å². The lowest BCUT2D eigenvalue weighted by Crippen LogP contribution is -2.39. The highest BCUT2D eigenvalue weighted by Gasteiger charge is 2.40. The zero-order valence-electron chi connectivity index (χ0n) is 10.2. The van der Waals surface area contributed by atoms with Crippen LogP contribution in [0.4, 0.5) is 5.82 Å². The SMILES string of the molecule is NNc1ncccc1C(=O)NC1CC2CCC1C2. The number of nitrogens with zero attached hydrogens (tertiary/aromatic N) is 1. The Labute approximate surface area is 106 Å². The molecule has 5 nitrogen and oxygen atoms in total. The van der Waals surface area contributed by atoms with E-state index >= 15 is 0 Å². The quantitative estimate of drug-likeness (QED) is 0.554. The Morgan fingerprint density at radius 2 is 2.28 bits per heavy atom. The van der Waals surface area contributed by atoms with Gasteiger partial charge in [0.15, 0.2) is 5.82 Å². The van der Waals surface area contributed by atoms with Gasteiger partial charge in [0, 0.05) is 12.2 Å². The maximum absolute atomic E-state index is 12.2. The van der Waals surface area contributed by atoms with Gasteiger partial charge in [-0.3, -0.25) is 4.79 Å². The van der Waals surface area contributed by atoms with Crippen LogP contribution in [0.5, 0.6) is 0 Å². The van der Waals surface area contributed by atoms with E-state index < -0.39 is 0 Å². The van der Waals surface area contributed by atoms with E-state index in [2.05, 4.69) is 15.7 Å². The summed E-state index contributed by atoms with van der Waals surface area (Å²) in [5.74, 6) is 7.21. The largest absolute Gasteiger partial charge is 0.349 e. The van der Waals surface area contributed by atoms with Crippen molar-refractivity contribution in [3.05, 3.63) is 23.9 Å². The van der Waals surface area contributed by atoms with Crippen molar-refractivity contribution in [2.24, 2.45) is 17.7 Å². The standard InChI is InChI=1S/C13H18N4O/c14-17-12-10(2-1-5-15-12)13(18)16-11-7-8-3-4-9(11)6-8/h1-2,5,8-9,11H,3-4,6-7,14H2,(H,15,17)(H,16,18). The van der Waals surface area contributed by atoms with Gasteiger partial charge in [0.05, 0.1) is 5.56 Å². The van der Waals surface area contributed by atoms with Gasteiger partial charge in [-0.1, -0.05) is 6.42 Å². The predicted octanol–water partition coefficient (Wildman–Crippen LogP) is 1.29. The molecule has 0 radical (unpaired) electrons. The van der Waals surface area contributed by atoms with Crippen molar-refractivity contribution in [2.45, 2.75) is 31.7 Å². The third kappa shape index (κ3) is 1.95. The van der Waals surface area contributed by atoms with Crippen molar-refractivity contribution in [3.8, 4) is 0 Å². The van der Waals surface area contributed by atoms with Gasteiger partial charge < -0.3 is 10.7 Å². The smallest absolute Gasteiger partial charge is 0.255 e. The zero-order chi connectivity index (χ0) is 12.5. The number of aromatic nitrogens is 1. The van der Waals surface area contributed by atoms with Crippen LogP contribution in [0.3, 0.4) is 0 Å². The number of fused-ring (bicyclic) bond motifs is 2. The first-order chi connectivity index (χ1) is 8.78. The molecule has 2 aliphatic rings. The van der Waals surface area contributed by atoms with Crippen LogP contribution in [0.25, 0.3) is 0 Å². The van der Waals surface area contributed by atoms with Crippen molar-refractivity contribution in [1.82, 2.24) is 10.3 Å². The minimum Gasteiger partial charge on any atom is -0.349 e. The average Bonchev–Trinajstić information content (AvgIpc) is 3.01. The summed E-state index contributed by atoms with van der Waals surface area (Å²) >= 11 is 0. The fourth-order valence-corrected chi connectivity index (χ4v) is 3.37. The lowest BCUT2D eigenvalue weighted by molar-refractivity contribution is 0.0923.